The van der Waals surface area contributed by atoms with E-state index in [0.29, 0.717) is 5.56 Å². The van der Waals surface area contributed by atoms with Crippen molar-refractivity contribution < 1.29 is 9.90 Å². The van der Waals surface area contributed by atoms with Crippen molar-refractivity contribution >= 4 is 17.4 Å². The Morgan fingerprint density at radius 3 is 2.29 bits per heavy atom. The third kappa shape index (κ3) is 3.01. The van der Waals surface area contributed by atoms with Gasteiger partial charge in [-0.2, -0.15) is 0 Å². The molecule has 0 aliphatic carbocycles. The van der Waals surface area contributed by atoms with Gasteiger partial charge in [0.25, 0.3) is 0 Å². The van der Waals surface area contributed by atoms with E-state index in [2.05, 4.69) is 0 Å². The maximum atomic E-state index is 11.9. The molecule has 0 fully saturated rings. The van der Waals surface area contributed by atoms with Crippen LogP contribution < -0.4 is 0 Å². The molecule has 0 aliphatic heterocycles. The first kappa shape index (κ1) is 14.0. The highest BCUT2D eigenvalue weighted by Gasteiger charge is 2.24. The highest BCUT2D eigenvalue weighted by molar-refractivity contribution is 6.34. The Bertz CT molecular complexity index is 442. The van der Waals surface area contributed by atoms with Crippen LogP contribution in [0.4, 0.5) is 0 Å². The molecule has 17 heavy (non-hydrogen) atoms. The van der Waals surface area contributed by atoms with E-state index in [4.69, 9.17) is 11.6 Å². The molecular weight excluding hydrogens is 236 g/mol. The summed E-state index contributed by atoms with van der Waals surface area (Å²) in [5.41, 5.74) is 1.84. The zero-order chi connectivity index (χ0) is 13.4. The zero-order valence-corrected chi connectivity index (χ0v) is 11.7. The largest absolute Gasteiger partial charge is 0.507 e. The lowest BCUT2D eigenvalue weighted by atomic mass is 9.83. The summed E-state index contributed by atoms with van der Waals surface area (Å²) in [6, 6.07) is 3.59. The average Bonchev–Trinajstić information content (AvgIpc) is 2.18. The zero-order valence-electron chi connectivity index (χ0n) is 11.0. The van der Waals surface area contributed by atoms with Crippen LogP contribution in [-0.2, 0) is 5.41 Å². The van der Waals surface area contributed by atoms with Crippen molar-refractivity contribution in [2.45, 2.75) is 45.4 Å². The minimum absolute atomic E-state index is 0.0561. The first-order chi connectivity index (χ1) is 7.64. The number of aryl methyl sites for hydroxylation is 1. The van der Waals surface area contributed by atoms with Gasteiger partial charge in [0.15, 0.2) is 5.78 Å². The van der Waals surface area contributed by atoms with Crippen LogP contribution in [-0.4, -0.2) is 16.3 Å². The van der Waals surface area contributed by atoms with Gasteiger partial charge < -0.3 is 5.11 Å². The minimum atomic E-state index is -0.629. The van der Waals surface area contributed by atoms with Gasteiger partial charge in [0, 0.05) is 5.56 Å². The maximum absolute atomic E-state index is 11.9. The number of phenols is 1. The van der Waals surface area contributed by atoms with E-state index in [0.717, 1.165) is 11.1 Å². The van der Waals surface area contributed by atoms with Crippen molar-refractivity contribution in [3.05, 3.63) is 28.8 Å². The predicted octanol–water partition coefficient (Wildman–Crippen LogP) is 3.81. The van der Waals surface area contributed by atoms with E-state index in [1.165, 1.54) is 0 Å². The van der Waals surface area contributed by atoms with E-state index in [-0.39, 0.29) is 16.9 Å². The fourth-order valence-corrected chi connectivity index (χ4v) is 1.87. The summed E-state index contributed by atoms with van der Waals surface area (Å²) in [6.45, 7) is 9.52. The highest BCUT2D eigenvalue weighted by atomic mass is 35.5. The molecule has 0 saturated heterocycles. The molecule has 0 aromatic heterocycles. The van der Waals surface area contributed by atoms with Crippen molar-refractivity contribution in [3.8, 4) is 5.75 Å². The second-order valence-corrected chi connectivity index (χ2v) is 6.09. The smallest absolute Gasteiger partial charge is 0.184 e. The number of Topliss-reactive ketones (excluding diaryl/α,β-unsaturated/α-hetero) is 1. The fraction of sp³-hybridized carbons (Fsp3) is 0.500. The topological polar surface area (TPSA) is 37.3 Å². The molecule has 0 radical (unpaired) electrons. The van der Waals surface area contributed by atoms with Crippen molar-refractivity contribution in [1.29, 1.82) is 0 Å². The van der Waals surface area contributed by atoms with Crippen LogP contribution in [0.2, 0.25) is 0 Å². The molecule has 1 rings (SSSR count). The molecule has 0 heterocycles. The number of halogens is 1. The molecule has 0 bridgehead atoms. The molecule has 1 N–H and O–H groups in total. The number of aromatic hydroxyl groups is 1. The van der Waals surface area contributed by atoms with Crippen LogP contribution >= 0.6 is 11.6 Å². The number of hydrogen-bond donors (Lipinski definition) is 1. The lowest BCUT2D eigenvalue weighted by Gasteiger charge is -2.22. The number of carbonyl (C=O) groups is 1. The normalized spacial score (nSPS) is 13.5. The van der Waals surface area contributed by atoms with E-state index in [9.17, 15) is 9.90 Å². The van der Waals surface area contributed by atoms with Gasteiger partial charge in [0.05, 0.1) is 10.9 Å². The van der Waals surface area contributed by atoms with Crippen molar-refractivity contribution in [2.75, 3.05) is 0 Å². The Balaban J connectivity index is 3.44. The molecule has 0 aliphatic rings. The summed E-state index contributed by atoms with van der Waals surface area (Å²) in [4.78, 5) is 11.9. The second-order valence-electron chi connectivity index (χ2n) is 5.44. The van der Waals surface area contributed by atoms with Crippen molar-refractivity contribution in [2.24, 2.45) is 0 Å². The van der Waals surface area contributed by atoms with Gasteiger partial charge in [-0.25, -0.2) is 0 Å². The highest BCUT2D eigenvalue weighted by Crippen LogP contribution is 2.35. The first-order valence-corrected chi connectivity index (χ1v) is 6.10. The molecule has 2 nitrogen and oxygen atoms in total. The van der Waals surface area contributed by atoms with Crippen LogP contribution in [0.1, 0.15) is 49.2 Å². The van der Waals surface area contributed by atoms with E-state index in [1.807, 2.05) is 33.8 Å². The Morgan fingerprint density at radius 1 is 1.35 bits per heavy atom. The summed E-state index contributed by atoms with van der Waals surface area (Å²) in [5, 5.41) is 9.56. The fourth-order valence-electron chi connectivity index (χ4n) is 1.75. The summed E-state index contributed by atoms with van der Waals surface area (Å²) < 4.78 is 0. The predicted molar refractivity (Wildman–Crippen MR) is 71.2 cm³/mol. The Morgan fingerprint density at radius 2 is 1.88 bits per heavy atom. The lowest BCUT2D eigenvalue weighted by molar-refractivity contribution is 0.0989. The van der Waals surface area contributed by atoms with E-state index >= 15 is 0 Å². The van der Waals surface area contributed by atoms with Crippen LogP contribution in [0.15, 0.2) is 12.1 Å². The molecule has 0 spiro atoms. The Labute approximate surface area is 108 Å². The number of phenolic OH excluding ortho intramolecular Hbond substituents is 1. The number of benzene rings is 1. The molecule has 0 saturated carbocycles. The Kier molecular flexibility index (Phi) is 3.88. The van der Waals surface area contributed by atoms with Crippen LogP contribution in [0.5, 0.6) is 5.75 Å². The van der Waals surface area contributed by atoms with Crippen LogP contribution in [0, 0.1) is 6.92 Å². The second kappa shape index (κ2) is 4.69. The average molecular weight is 255 g/mol. The summed E-state index contributed by atoms with van der Waals surface area (Å²) in [5.74, 6) is -0.182. The molecule has 3 heteroatoms. The number of rotatable bonds is 2. The van der Waals surface area contributed by atoms with Gasteiger partial charge in [-0.15, -0.1) is 11.6 Å². The molecule has 1 aromatic rings. The molecule has 0 amide bonds. The van der Waals surface area contributed by atoms with Crippen molar-refractivity contribution in [1.82, 2.24) is 0 Å². The van der Waals surface area contributed by atoms with Gasteiger partial charge in [-0.05, 0) is 30.9 Å². The summed E-state index contributed by atoms with van der Waals surface area (Å²) >= 11 is 5.79. The number of hydrogen-bond acceptors (Lipinski definition) is 2. The SMILES string of the molecule is Cc1cc(C(=O)C(C)Cl)c(O)c(C(C)(C)C)c1. The van der Waals surface area contributed by atoms with E-state index in [1.54, 1.807) is 13.0 Å². The molecule has 1 unspecified atom stereocenters. The van der Waals surface area contributed by atoms with Crippen LogP contribution in [0.25, 0.3) is 0 Å². The number of ketones is 1. The first-order valence-electron chi connectivity index (χ1n) is 5.67. The summed E-state index contributed by atoms with van der Waals surface area (Å²) in [6.07, 6.45) is 0. The molecule has 1 aromatic carbocycles. The van der Waals surface area contributed by atoms with Gasteiger partial charge in [0.1, 0.15) is 5.75 Å². The number of alkyl halides is 1. The third-order valence-electron chi connectivity index (χ3n) is 2.69. The number of carbonyl (C=O) groups excluding carboxylic acids is 1. The van der Waals surface area contributed by atoms with Crippen molar-refractivity contribution in [3.63, 3.8) is 0 Å². The van der Waals surface area contributed by atoms with Gasteiger partial charge in [0.2, 0.25) is 0 Å². The van der Waals surface area contributed by atoms with Gasteiger partial charge in [-0.3, -0.25) is 4.79 Å². The standard InChI is InChI=1S/C14H19ClO2/c1-8-6-10(12(16)9(2)15)13(17)11(7-8)14(3,4)5/h6-7,9,17H,1-5H3. The van der Waals surface area contributed by atoms with E-state index < -0.39 is 5.38 Å². The van der Waals surface area contributed by atoms with Gasteiger partial charge in [-0.1, -0.05) is 26.8 Å². The third-order valence-corrected chi connectivity index (χ3v) is 2.89. The lowest BCUT2D eigenvalue weighted by Crippen LogP contribution is -2.16. The maximum Gasteiger partial charge on any atom is 0.184 e. The summed E-state index contributed by atoms with van der Waals surface area (Å²) in [7, 11) is 0. The van der Waals surface area contributed by atoms with Crippen LogP contribution in [0.3, 0.4) is 0 Å². The molecule has 94 valence electrons. The quantitative estimate of drug-likeness (QED) is 0.644. The van der Waals surface area contributed by atoms with Gasteiger partial charge >= 0.3 is 0 Å². The molecule has 1 atom stereocenters. The Hall–Kier alpha value is -1.02. The molecular formula is C14H19ClO2. The monoisotopic (exact) mass is 254 g/mol. The minimum Gasteiger partial charge on any atom is -0.507 e.